The number of ether oxygens (including phenoxy) is 1. The van der Waals surface area contributed by atoms with Crippen LogP contribution in [-0.4, -0.2) is 33.5 Å². The first-order valence-electron chi connectivity index (χ1n) is 6.44. The smallest absolute Gasteiger partial charge is 0.305 e. The van der Waals surface area contributed by atoms with E-state index in [1.807, 2.05) is 10.6 Å². The first-order chi connectivity index (χ1) is 9.74. The number of hydrogen-bond acceptors (Lipinski definition) is 7. The van der Waals surface area contributed by atoms with Gasteiger partial charge in [0.2, 0.25) is 0 Å². The predicted octanol–water partition coefficient (Wildman–Crippen LogP) is 0.770. The number of rotatable bonds is 7. The lowest BCUT2D eigenvalue weighted by atomic mass is 10.3. The summed E-state index contributed by atoms with van der Waals surface area (Å²) >= 11 is 0. The van der Waals surface area contributed by atoms with Crippen LogP contribution in [0.5, 0.6) is 0 Å². The largest absolute Gasteiger partial charge is 0.466 e. The van der Waals surface area contributed by atoms with Crippen LogP contribution in [0.4, 0.5) is 11.6 Å². The van der Waals surface area contributed by atoms with Crippen LogP contribution in [0.1, 0.15) is 19.8 Å². The van der Waals surface area contributed by atoms with Gasteiger partial charge in [-0.05, 0) is 13.3 Å². The number of nitrogens with one attached hydrogen (secondary N) is 2. The minimum atomic E-state index is -0.189. The van der Waals surface area contributed by atoms with E-state index in [4.69, 9.17) is 10.6 Å². The number of carbonyl (C=O) groups is 1. The lowest BCUT2D eigenvalue weighted by molar-refractivity contribution is -0.143. The van der Waals surface area contributed by atoms with Crippen LogP contribution in [0, 0.1) is 0 Å². The van der Waals surface area contributed by atoms with Gasteiger partial charge in [-0.1, -0.05) is 0 Å². The molecule has 0 saturated carbocycles. The fourth-order valence-corrected chi connectivity index (χ4v) is 1.79. The minimum absolute atomic E-state index is 0.189. The molecule has 0 spiro atoms. The highest BCUT2D eigenvalue weighted by atomic mass is 16.5. The number of esters is 1. The number of imidazole rings is 1. The molecule has 0 radical (unpaired) electrons. The van der Waals surface area contributed by atoms with Gasteiger partial charge in [-0.2, -0.15) is 0 Å². The Balaban J connectivity index is 1.95. The minimum Gasteiger partial charge on any atom is -0.466 e. The van der Waals surface area contributed by atoms with Crippen molar-refractivity contribution in [1.29, 1.82) is 0 Å². The molecule has 0 unspecified atom stereocenters. The molecule has 4 N–H and O–H groups in total. The second kappa shape index (κ2) is 6.71. The summed E-state index contributed by atoms with van der Waals surface area (Å²) < 4.78 is 6.68. The van der Waals surface area contributed by atoms with Gasteiger partial charge >= 0.3 is 5.97 Å². The van der Waals surface area contributed by atoms with Crippen molar-refractivity contribution in [3.8, 4) is 0 Å². The Morgan fingerprint density at radius 1 is 1.55 bits per heavy atom. The topological polar surface area (TPSA) is 107 Å². The molecule has 20 heavy (non-hydrogen) atoms. The van der Waals surface area contributed by atoms with Crippen LogP contribution in [0.3, 0.4) is 0 Å². The molecule has 108 valence electrons. The maximum atomic E-state index is 11.2. The number of hydrazine groups is 1. The second-order valence-corrected chi connectivity index (χ2v) is 4.11. The molecule has 0 aliphatic carbocycles. The van der Waals surface area contributed by atoms with Crippen molar-refractivity contribution in [2.45, 2.75) is 19.8 Å². The third kappa shape index (κ3) is 3.35. The molecule has 0 fully saturated rings. The van der Waals surface area contributed by atoms with E-state index >= 15 is 0 Å². The summed E-state index contributed by atoms with van der Waals surface area (Å²) in [5.41, 5.74) is 3.21. The van der Waals surface area contributed by atoms with E-state index in [0.717, 1.165) is 0 Å². The molecule has 2 rings (SSSR count). The molecule has 2 aromatic rings. The van der Waals surface area contributed by atoms with Gasteiger partial charge in [0, 0.05) is 25.4 Å². The molecule has 8 heteroatoms. The summed E-state index contributed by atoms with van der Waals surface area (Å²) in [5, 5.41) is 3.15. The summed E-state index contributed by atoms with van der Waals surface area (Å²) in [7, 11) is 0. The number of nitrogens with two attached hydrogens (primary N) is 1. The standard InChI is InChI=1S/C12H18N6O2/c1-2-20-10(19)4-3-5-14-11-12-15-6-7-18(12)8-9(16-11)17-13/h6-8,17H,2-5,13H2,1H3,(H,14,16). The number of nitrogens with zero attached hydrogens (tertiary/aromatic N) is 3. The van der Waals surface area contributed by atoms with Gasteiger partial charge in [0.05, 0.1) is 12.8 Å². The van der Waals surface area contributed by atoms with E-state index in [-0.39, 0.29) is 5.97 Å². The molecule has 0 aromatic carbocycles. The Hall–Kier alpha value is -2.35. The third-order valence-corrected chi connectivity index (χ3v) is 2.68. The zero-order chi connectivity index (χ0) is 14.4. The molecule has 2 heterocycles. The molecule has 2 aromatic heterocycles. The monoisotopic (exact) mass is 278 g/mol. The van der Waals surface area contributed by atoms with Gasteiger partial charge in [-0.15, -0.1) is 0 Å². The number of hydrogen-bond donors (Lipinski definition) is 3. The number of anilines is 2. The van der Waals surface area contributed by atoms with Crippen molar-refractivity contribution in [3.63, 3.8) is 0 Å². The normalized spacial score (nSPS) is 10.5. The van der Waals surface area contributed by atoms with Crippen molar-refractivity contribution < 1.29 is 9.53 Å². The van der Waals surface area contributed by atoms with E-state index in [9.17, 15) is 4.79 Å². The summed E-state index contributed by atoms with van der Waals surface area (Å²) in [4.78, 5) is 19.7. The van der Waals surface area contributed by atoms with Crippen LogP contribution in [0.25, 0.3) is 5.65 Å². The van der Waals surface area contributed by atoms with E-state index in [1.54, 1.807) is 19.3 Å². The fourth-order valence-electron chi connectivity index (χ4n) is 1.79. The van der Waals surface area contributed by atoms with Crippen LogP contribution >= 0.6 is 0 Å². The molecule has 8 nitrogen and oxygen atoms in total. The second-order valence-electron chi connectivity index (χ2n) is 4.11. The third-order valence-electron chi connectivity index (χ3n) is 2.68. The Kier molecular flexibility index (Phi) is 4.72. The lowest BCUT2D eigenvalue weighted by Gasteiger charge is -2.09. The van der Waals surface area contributed by atoms with Crippen molar-refractivity contribution in [1.82, 2.24) is 14.4 Å². The van der Waals surface area contributed by atoms with Gasteiger partial charge in [-0.3, -0.25) is 4.79 Å². The Labute approximate surface area is 116 Å². The number of aromatic nitrogens is 3. The van der Waals surface area contributed by atoms with Crippen LogP contribution in [0.2, 0.25) is 0 Å². The number of fused-ring (bicyclic) bond motifs is 1. The number of carbonyl (C=O) groups excluding carboxylic acids is 1. The molecule has 0 aliphatic heterocycles. The average Bonchev–Trinajstić information content (AvgIpc) is 2.91. The maximum Gasteiger partial charge on any atom is 0.305 e. The van der Waals surface area contributed by atoms with Crippen molar-refractivity contribution in [2.75, 3.05) is 23.9 Å². The molecule has 0 bridgehead atoms. The highest BCUT2D eigenvalue weighted by Gasteiger charge is 2.07. The molecule has 0 amide bonds. The Bertz CT molecular complexity index is 582. The summed E-state index contributed by atoms with van der Waals surface area (Å²) in [6, 6.07) is 0. The molecular weight excluding hydrogens is 260 g/mol. The van der Waals surface area contributed by atoms with E-state index in [1.165, 1.54) is 0 Å². The Morgan fingerprint density at radius 2 is 2.40 bits per heavy atom. The van der Waals surface area contributed by atoms with Crippen molar-refractivity contribution in [3.05, 3.63) is 18.6 Å². The van der Waals surface area contributed by atoms with Crippen LogP contribution in [0.15, 0.2) is 18.6 Å². The molecular formula is C12H18N6O2. The summed E-state index contributed by atoms with van der Waals surface area (Å²) in [5.74, 6) is 6.33. The highest BCUT2D eigenvalue weighted by molar-refractivity contribution is 5.69. The quantitative estimate of drug-likeness (QED) is 0.297. The first-order valence-corrected chi connectivity index (χ1v) is 6.44. The molecule has 0 atom stereocenters. The van der Waals surface area contributed by atoms with Gasteiger partial charge in [0.1, 0.15) is 0 Å². The van der Waals surface area contributed by atoms with Crippen molar-refractivity contribution >= 4 is 23.3 Å². The molecule has 0 saturated heterocycles. The molecule has 0 aliphatic rings. The summed E-state index contributed by atoms with van der Waals surface area (Å²) in [6.07, 6.45) is 6.27. The zero-order valence-corrected chi connectivity index (χ0v) is 11.3. The Morgan fingerprint density at radius 3 is 3.15 bits per heavy atom. The lowest BCUT2D eigenvalue weighted by Crippen LogP contribution is -2.13. The maximum absolute atomic E-state index is 11.2. The SMILES string of the molecule is CCOC(=O)CCCNc1nc(NN)cn2ccnc12. The van der Waals surface area contributed by atoms with E-state index in [0.29, 0.717) is 43.3 Å². The van der Waals surface area contributed by atoms with Gasteiger partial charge in [-0.25, -0.2) is 15.8 Å². The van der Waals surface area contributed by atoms with Gasteiger partial charge < -0.3 is 19.9 Å². The zero-order valence-electron chi connectivity index (χ0n) is 11.3. The van der Waals surface area contributed by atoms with Crippen molar-refractivity contribution in [2.24, 2.45) is 5.84 Å². The highest BCUT2D eigenvalue weighted by Crippen LogP contribution is 2.15. The number of nitrogen functional groups attached to an aromatic ring is 1. The van der Waals surface area contributed by atoms with Gasteiger partial charge in [0.15, 0.2) is 17.3 Å². The predicted molar refractivity (Wildman–Crippen MR) is 75.2 cm³/mol. The summed E-state index contributed by atoms with van der Waals surface area (Å²) in [6.45, 7) is 2.80. The fraction of sp³-hybridized carbons (Fsp3) is 0.417. The van der Waals surface area contributed by atoms with E-state index in [2.05, 4.69) is 20.7 Å². The van der Waals surface area contributed by atoms with Gasteiger partial charge in [0.25, 0.3) is 0 Å². The van der Waals surface area contributed by atoms with Crippen LogP contribution < -0.4 is 16.6 Å². The first kappa shape index (κ1) is 14.1. The van der Waals surface area contributed by atoms with Crippen LogP contribution in [-0.2, 0) is 9.53 Å². The van der Waals surface area contributed by atoms with E-state index < -0.39 is 0 Å². The average molecular weight is 278 g/mol.